The highest BCUT2D eigenvalue weighted by Gasteiger charge is 2.43. The van der Waals surface area contributed by atoms with E-state index >= 15 is 0 Å². The van der Waals surface area contributed by atoms with Crippen LogP contribution in [0.1, 0.15) is 17.4 Å². The summed E-state index contributed by atoms with van der Waals surface area (Å²) in [5, 5.41) is 32.8. The van der Waals surface area contributed by atoms with Gasteiger partial charge in [0.1, 0.15) is 24.9 Å². The van der Waals surface area contributed by atoms with Gasteiger partial charge in [0.15, 0.2) is 11.7 Å². The Bertz CT molecular complexity index is 1020. The molecule has 30 heavy (non-hydrogen) atoms. The summed E-state index contributed by atoms with van der Waals surface area (Å²) < 4.78 is 45.7. The molecule has 0 aliphatic carbocycles. The first-order valence-corrected chi connectivity index (χ1v) is 8.86. The zero-order valence-electron chi connectivity index (χ0n) is 15.7. The SMILES string of the molecule is Cn1c(=NOCc2cccc(C(F)(F)F)c2)ccn([C@@H]2O[C@H](CO)[C@@H](O)[C@H]2O)c1=O. The lowest BCUT2D eigenvalue weighted by molar-refractivity contribution is -0.137. The van der Waals surface area contributed by atoms with Gasteiger partial charge in [-0.2, -0.15) is 13.2 Å². The van der Waals surface area contributed by atoms with Crippen LogP contribution >= 0.6 is 0 Å². The van der Waals surface area contributed by atoms with Crippen LogP contribution in [0, 0.1) is 0 Å². The molecule has 0 amide bonds. The van der Waals surface area contributed by atoms with Gasteiger partial charge in [-0.3, -0.25) is 9.13 Å². The molecule has 1 saturated heterocycles. The van der Waals surface area contributed by atoms with E-state index in [1.165, 1.54) is 31.4 Å². The zero-order valence-corrected chi connectivity index (χ0v) is 15.7. The monoisotopic (exact) mass is 431 g/mol. The summed E-state index contributed by atoms with van der Waals surface area (Å²) in [6, 6.07) is 5.95. The second-order valence-electron chi connectivity index (χ2n) is 6.71. The molecule has 2 heterocycles. The molecule has 9 nitrogen and oxygen atoms in total. The van der Waals surface area contributed by atoms with Crippen LogP contribution in [0.15, 0.2) is 46.5 Å². The lowest BCUT2D eigenvalue weighted by Gasteiger charge is -2.18. The van der Waals surface area contributed by atoms with Crippen LogP contribution in [-0.2, 0) is 29.4 Å². The van der Waals surface area contributed by atoms with Crippen molar-refractivity contribution in [1.29, 1.82) is 0 Å². The van der Waals surface area contributed by atoms with Crippen molar-refractivity contribution in [3.8, 4) is 0 Å². The maximum absolute atomic E-state index is 12.8. The van der Waals surface area contributed by atoms with Crippen LogP contribution in [0.4, 0.5) is 13.2 Å². The number of halogens is 3. The van der Waals surface area contributed by atoms with Crippen LogP contribution in [-0.4, -0.2) is 49.4 Å². The van der Waals surface area contributed by atoms with E-state index in [2.05, 4.69) is 5.16 Å². The Labute approximate surface area is 167 Å². The summed E-state index contributed by atoms with van der Waals surface area (Å²) in [5.74, 6) is 0. The Morgan fingerprint density at radius 2 is 1.97 bits per heavy atom. The second-order valence-corrected chi connectivity index (χ2v) is 6.71. The molecular weight excluding hydrogens is 411 g/mol. The minimum atomic E-state index is -4.47. The molecule has 0 spiro atoms. The molecule has 1 aliphatic heterocycles. The number of aliphatic hydroxyl groups excluding tert-OH is 3. The van der Waals surface area contributed by atoms with Gasteiger partial charge in [-0.15, -0.1) is 0 Å². The topological polar surface area (TPSA) is 118 Å². The molecule has 0 bridgehead atoms. The summed E-state index contributed by atoms with van der Waals surface area (Å²) in [6.45, 7) is -0.784. The normalized spacial score (nSPS) is 25.0. The number of hydrogen-bond donors (Lipinski definition) is 3. The van der Waals surface area contributed by atoms with E-state index in [0.29, 0.717) is 0 Å². The molecule has 1 aromatic carbocycles. The summed E-state index contributed by atoms with van der Waals surface area (Å²) in [7, 11) is 1.37. The fraction of sp³-hybridized carbons (Fsp3) is 0.444. The minimum absolute atomic E-state index is 0.0648. The summed E-state index contributed by atoms with van der Waals surface area (Å²) in [6.07, 6.45) is -8.26. The molecule has 4 atom stereocenters. The number of rotatable bonds is 5. The van der Waals surface area contributed by atoms with Crippen molar-refractivity contribution in [2.24, 2.45) is 12.2 Å². The van der Waals surface area contributed by atoms with Crippen LogP contribution in [0.2, 0.25) is 0 Å². The summed E-state index contributed by atoms with van der Waals surface area (Å²) in [4.78, 5) is 17.6. The van der Waals surface area contributed by atoms with E-state index in [0.717, 1.165) is 21.3 Å². The molecule has 1 aliphatic rings. The molecule has 0 unspecified atom stereocenters. The second kappa shape index (κ2) is 8.60. The van der Waals surface area contributed by atoms with E-state index in [1.54, 1.807) is 0 Å². The summed E-state index contributed by atoms with van der Waals surface area (Å²) in [5.41, 5.74) is -1.16. The van der Waals surface area contributed by atoms with E-state index in [4.69, 9.17) is 14.7 Å². The third-order valence-corrected chi connectivity index (χ3v) is 4.67. The number of nitrogens with zero attached hydrogens (tertiary/aromatic N) is 3. The number of alkyl halides is 3. The molecule has 0 saturated carbocycles. The Balaban J connectivity index is 1.78. The predicted octanol–water partition coefficient (Wildman–Crippen LogP) is -0.150. The first-order chi connectivity index (χ1) is 14.1. The van der Waals surface area contributed by atoms with Crippen molar-refractivity contribution in [3.63, 3.8) is 0 Å². The van der Waals surface area contributed by atoms with Crippen molar-refractivity contribution in [2.75, 3.05) is 6.61 Å². The van der Waals surface area contributed by atoms with Gasteiger partial charge in [-0.05, 0) is 17.7 Å². The van der Waals surface area contributed by atoms with Crippen molar-refractivity contribution in [1.82, 2.24) is 9.13 Å². The highest BCUT2D eigenvalue weighted by atomic mass is 19.4. The Kier molecular flexibility index (Phi) is 6.31. The van der Waals surface area contributed by atoms with Gasteiger partial charge < -0.3 is 24.9 Å². The smallest absolute Gasteiger partial charge is 0.394 e. The van der Waals surface area contributed by atoms with Gasteiger partial charge in [0, 0.05) is 19.3 Å². The number of hydrogen-bond acceptors (Lipinski definition) is 7. The average molecular weight is 431 g/mol. The fourth-order valence-electron chi connectivity index (χ4n) is 3.00. The van der Waals surface area contributed by atoms with E-state index in [9.17, 15) is 28.2 Å². The van der Waals surface area contributed by atoms with Gasteiger partial charge in [0.2, 0.25) is 0 Å². The highest BCUT2D eigenvalue weighted by Crippen LogP contribution is 2.30. The van der Waals surface area contributed by atoms with E-state index in [-0.39, 0.29) is 17.7 Å². The number of ether oxygens (including phenoxy) is 1. The van der Waals surface area contributed by atoms with E-state index in [1.807, 2.05) is 0 Å². The molecular formula is C18H20F3N3O6. The molecule has 2 aromatic rings. The van der Waals surface area contributed by atoms with Gasteiger partial charge in [0.05, 0.1) is 12.2 Å². The maximum atomic E-state index is 12.8. The van der Waals surface area contributed by atoms with E-state index < -0.39 is 48.6 Å². The Morgan fingerprint density at radius 3 is 2.60 bits per heavy atom. The minimum Gasteiger partial charge on any atom is -0.394 e. The lowest BCUT2D eigenvalue weighted by atomic mass is 10.1. The summed E-state index contributed by atoms with van der Waals surface area (Å²) >= 11 is 0. The third kappa shape index (κ3) is 4.41. The molecule has 3 rings (SSSR count). The quantitative estimate of drug-likeness (QED) is 0.567. The largest absolute Gasteiger partial charge is 0.416 e. The zero-order chi connectivity index (χ0) is 22.1. The molecule has 1 aromatic heterocycles. The number of aromatic nitrogens is 2. The van der Waals surface area contributed by atoms with Crippen LogP contribution in [0.25, 0.3) is 0 Å². The maximum Gasteiger partial charge on any atom is 0.416 e. The Morgan fingerprint density at radius 1 is 1.23 bits per heavy atom. The van der Waals surface area contributed by atoms with Gasteiger partial charge in [-0.25, -0.2) is 4.79 Å². The van der Waals surface area contributed by atoms with Crippen LogP contribution in [0.3, 0.4) is 0 Å². The molecule has 3 N–H and O–H groups in total. The fourth-order valence-corrected chi connectivity index (χ4v) is 3.00. The molecule has 164 valence electrons. The van der Waals surface area contributed by atoms with Crippen LogP contribution in [0.5, 0.6) is 0 Å². The van der Waals surface area contributed by atoms with Crippen molar-refractivity contribution in [2.45, 2.75) is 37.3 Å². The number of benzene rings is 1. The standard InChI is InChI=1S/C18H20F3N3O6/c1-23-13(22-29-9-10-3-2-4-11(7-10)18(19,20)21)5-6-24(17(23)28)16-15(27)14(26)12(8-25)30-16/h2-7,12,14-16,25-27H,8-9H2,1H3/t12-,14-,15-,16-/m1/s1. The molecule has 12 heteroatoms. The number of aliphatic hydroxyl groups is 3. The molecule has 1 fully saturated rings. The van der Waals surface area contributed by atoms with Crippen molar-refractivity contribution >= 4 is 0 Å². The van der Waals surface area contributed by atoms with Crippen LogP contribution < -0.4 is 11.2 Å². The molecule has 0 radical (unpaired) electrons. The highest BCUT2D eigenvalue weighted by molar-refractivity contribution is 5.25. The third-order valence-electron chi connectivity index (χ3n) is 4.67. The van der Waals surface area contributed by atoms with Crippen molar-refractivity contribution in [3.05, 3.63) is 63.6 Å². The first kappa shape index (κ1) is 22.0. The Hall–Kier alpha value is -2.67. The lowest BCUT2D eigenvalue weighted by Crippen LogP contribution is -2.42. The van der Waals surface area contributed by atoms with Gasteiger partial charge in [0.25, 0.3) is 0 Å². The average Bonchev–Trinajstić information content (AvgIpc) is 2.99. The van der Waals surface area contributed by atoms with Gasteiger partial charge >= 0.3 is 11.9 Å². The van der Waals surface area contributed by atoms with Gasteiger partial charge in [-0.1, -0.05) is 17.3 Å². The predicted molar refractivity (Wildman–Crippen MR) is 94.5 cm³/mol. The van der Waals surface area contributed by atoms with Crippen molar-refractivity contribution < 1.29 is 38.1 Å². The first-order valence-electron chi connectivity index (χ1n) is 8.86.